The van der Waals surface area contributed by atoms with Crippen molar-refractivity contribution in [1.82, 2.24) is 10.2 Å². The fraction of sp³-hybridized carbons (Fsp3) is 0.333. The molecule has 2 unspecified atom stereocenters. The number of halogens is 4. The topological polar surface area (TPSA) is 96.0 Å². The van der Waals surface area contributed by atoms with Crippen LogP contribution in [0.3, 0.4) is 0 Å². The molecule has 43 heavy (non-hydrogen) atoms. The van der Waals surface area contributed by atoms with E-state index in [9.17, 15) is 31.2 Å². The molecule has 0 aliphatic heterocycles. The second-order valence-corrected chi connectivity index (χ2v) is 12.1. The summed E-state index contributed by atoms with van der Waals surface area (Å²) in [5.41, 5.74) is -1.11. The number of carbonyl (C=O) groups excluding carboxylic acids is 2. The molecule has 0 saturated heterocycles. The van der Waals surface area contributed by atoms with Crippen LogP contribution < -0.4 is 14.4 Å². The summed E-state index contributed by atoms with van der Waals surface area (Å²) in [7, 11) is -3.14. The molecule has 0 spiro atoms. The molecular weight excluding hydrogens is 607 g/mol. The van der Waals surface area contributed by atoms with E-state index in [-0.39, 0.29) is 22.5 Å². The summed E-state index contributed by atoms with van der Waals surface area (Å²) in [6, 6.07) is 14.6. The van der Waals surface area contributed by atoms with Crippen LogP contribution >= 0.6 is 11.6 Å². The van der Waals surface area contributed by atoms with Crippen LogP contribution in [0.4, 0.5) is 18.9 Å². The Bertz CT molecular complexity index is 1540. The van der Waals surface area contributed by atoms with E-state index in [0.717, 1.165) is 12.1 Å². The van der Waals surface area contributed by atoms with Gasteiger partial charge >= 0.3 is 6.18 Å². The molecule has 0 fully saturated rings. The third kappa shape index (κ3) is 8.41. The highest BCUT2D eigenvalue weighted by Crippen LogP contribution is 2.37. The first-order valence-corrected chi connectivity index (χ1v) is 15.2. The van der Waals surface area contributed by atoms with Crippen LogP contribution in [0.1, 0.15) is 38.3 Å². The Hall–Kier alpha value is -3.77. The number of alkyl halides is 3. The number of methoxy groups -OCH3 is 1. The number of hydrogen-bond acceptors (Lipinski definition) is 5. The quantitative estimate of drug-likeness (QED) is 0.267. The maximum absolute atomic E-state index is 14.0. The average Bonchev–Trinajstić information content (AvgIpc) is 2.98. The predicted molar refractivity (Wildman–Crippen MR) is 158 cm³/mol. The molecule has 3 aromatic carbocycles. The molecule has 0 aliphatic rings. The molecule has 8 nitrogen and oxygen atoms in total. The van der Waals surface area contributed by atoms with Gasteiger partial charge in [-0.2, -0.15) is 13.2 Å². The zero-order chi connectivity index (χ0) is 31.9. The van der Waals surface area contributed by atoms with Gasteiger partial charge < -0.3 is 15.0 Å². The van der Waals surface area contributed by atoms with E-state index in [1.165, 1.54) is 43.2 Å². The fourth-order valence-electron chi connectivity index (χ4n) is 4.13. The summed E-state index contributed by atoms with van der Waals surface area (Å²) < 4.78 is 74.5. The third-order valence-electron chi connectivity index (χ3n) is 6.81. The fourth-order valence-corrected chi connectivity index (χ4v) is 5.84. The molecule has 0 radical (unpaired) electrons. The van der Waals surface area contributed by atoms with Crippen molar-refractivity contribution in [2.75, 3.05) is 18.0 Å². The minimum Gasteiger partial charge on any atom is -0.497 e. The van der Waals surface area contributed by atoms with E-state index < -0.39 is 51.9 Å². The molecule has 2 amide bonds. The van der Waals surface area contributed by atoms with E-state index in [1.54, 1.807) is 37.3 Å². The second-order valence-electron chi connectivity index (χ2n) is 9.86. The lowest BCUT2D eigenvalue weighted by atomic mass is 10.1. The Balaban J connectivity index is 2.13. The standard InChI is InChI=1S/C30H33ClF3N3O5S/c1-5-20(2)35-29(39)21(3)36(18-22-10-9-11-24(16-22)42-4)28(38)19-37(43(40,41)25-12-7-6-8-13-25)27-17-23(30(32,33)34)14-15-26(27)31/h6-17,20-21H,5,18-19H2,1-4H3,(H,35,39). The van der Waals surface area contributed by atoms with E-state index in [0.29, 0.717) is 28.1 Å². The van der Waals surface area contributed by atoms with Crippen molar-refractivity contribution in [1.29, 1.82) is 0 Å². The van der Waals surface area contributed by atoms with Crippen LogP contribution in [0.25, 0.3) is 0 Å². The molecule has 13 heteroatoms. The van der Waals surface area contributed by atoms with Crippen molar-refractivity contribution in [3.8, 4) is 5.75 Å². The second kappa shape index (κ2) is 14.1. The minimum absolute atomic E-state index is 0.124. The van der Waals surface area contributed by atoms with Crippen molar-refractivity contribution in [2.24, 2.45) is 0 Å². The Morgan fingerprint density at radius 2 is 1.67 bits per heavy atom. The van der Waals surface area contributed by atoms with Crippen molar-refractivity contribution < 1.29 is 35.9 Å². The lowest BCUT2D eigenvalue weighted by Crippen LogP contribution is -2.52. The molecule has 0 aromatic heterocycles. The van der Waals surface area contributed by atoms with Crippen molar-refractivity contribution in [2.45, 2.75) is 56.9 Å². The van der Waals surface area contributed by atoms with Gasteiger partial charge in [0.1, 0.15) is 18.3 Å². The first-order valence-electron chi connectivity index (χ1n) is 13.4. The molecule has 0 bridgehead atoms. The van der Waals surface area contributed by atoms with Crippen LogP contribution in [0.15, 0.2) is 77.7 Å². The monoisotopic (exact) mass is 639 g/mol. The normalized spacial score (nSPS) is 13.1. The van der Waals surface area contributed by atoms with Crippen molar-refractivity contribution in [3.63, 3.8) is 0 Å². The van der Waals surface area contributed by atoms with Gasteiger partial charge in [0.25, 0.3) is 10.0 Å². The number of rotatable bonds is 12. The van der Waals surface area contributed by atoms with Crippen LogP contribution in [0.5, 0.6) is 5.75 Å². The molecule has 0 aliphatic carbocycles. The summed E-state index contributed by atoms with van der Waals surface area (Å²) in [5, 5.41) is 2.49. The highest BCUT2D eigenvalue weighted by atomic mass is 35.5. The van der Waals surface area contributed by atoms with Gasteiger partial charge in [0.05, 0.1) is 28.3 Å². The number of anilines is 1. The summed E-state index contributed by atoms with van der Waals surface area (Å²) in [4.78, 5) is 28.1. The van der Waals surface area contributed by atoms with Crippen LogP contribution in [0.2, 0.25) is 5.02 Å². The van der Waals surface area contributed by atoms with Gasteiger partial charge in [-0.25, -0.2) is 8.42 Å². The number of ether oxygens (including phenoxy) is 1. The number of nitrogens with one attached hydrogen (secondary N) is 1. The molecular formula is C30H33ClF3N3O5S. The van der Waals surface area contributed by atoms with E-state index in [1.807, 2.05) is 6.92 Å². The zero-order valence-electron chi connectivity index (χ0n) is 24.1. The van der Waals surface area contributed by atoms with Gasteiger partial charge in [-0.3, -0.25) is 13.9 Å². The largest absolute Gasteiger partial charge is 0.497 e. The number of sulfonamides is 1. The van der Waals surface area contributed by atoms with Crippen LogP contribution in [-0.2, 0) is 32.3 Å². The molecule has 232 valence electrons. The maximum Gasteiger partial charge on any atom is 0.416 e. The smallest absolute Gasteiger partial charge is 0.416 e. The van der Waals surface area contributed by atoms with Crippen molar-refractivity contribution in [3.05, 3.63) is 88.9 Å². The molecule has 0 heterocycles. The number of hydrogen-bond donors (Lipinski definition) is 1. The Kier molecular flexibility index (Phi) is 11.1. The van der Waals surface area contributed by atoms with Gasteiger partial charge in [-0.05, 0) is 68.3 Å². The van der Waals surface area contributed by atoms with E-state index in [2.05, 4.69) is 5.32 Å². The molecule has 3 aromatic rings. The zero-order valence-corrected chi connectivity index (χ0v) is 25.6. The Morgan fingerprint density at radius 3 is 2.28 bits per heavy atom. The highest BCUT2D eigenvalue weighted by molar-refractivity contribution is 7.92. The lowest BCUT2D eigenvalue weighted by Gasteiger charge is -2.33. The molecule has 3 rings (SSSR count). The first-order chi connectivity index (χ1) is 20.2. The maximum atomic E-state index is 14.0. The number of benzene rings is 3. The summed E-state index contributed by atoms with van der Waals surface area (Å²) in [5.74, 6) is -0.839. The van der Waals surface area contributed by atoms with Gasteiger partial charge in [-0.1, -0.05) is 48.9 Å². The Labute approximate surface area is 254 Å². The predicted octanol–water partition coefficient (Wildman–Crippen LogP) is 5.89. The van der Waals surface area contributed by atoms with Gasteiger partial charge in [0.2, 0.25) is 11.8 Å². The van der Waals surface area contributed by atoms with Crippen LogP contribution in [0, 0.1) is 0 Å². The summed E-state index contributed by atoms with van der Waals surface area (Å²) in [6.07, 6.45) is -4.19. The lowest BCUT2D eigenvalue weighted by molar-refractivity contribution is -0.139. The van der Waals surface area contributed by atoms with Gasteiger partial charge in [0.15, 0.2) is 0 Å². The third-order valence-corrected chi connectivity index (χ3v) is 8.90. The first kappa shape index (κ1) is 33.7. The van der Waals surface area contributed by atoms with E-state index >= 15 is 0 Å². The SMILES string of the molecule is CCC(C)NC(=O)C(C)N(Cc1cccc(OC)c1)C(=O)CN(c1cc(C(F)(F)F)ccc1Cl)S(=O)(=O)c1ccccc1. The molecule has 1 N–H and O–H groups in total. The summed E-state index contributed by atoms with van der Waals surface area (Å²) in [6.45, 7) is 4.09. The Morgan fingerprint density at radius 1 is 1.00 bits per heavy atom. The molecule has 2 atom stereocenters. The van der Waals surface area contributed by atoms with Crippen molar-refractivity contribution >= 4 is 39.1 Å². The average molecular weight is 640 g/mol. The van der Waals surface area contributed by atoms with Crippen LogP contribution in [-0.4, -0.2) is 50.9 Å². The van der Waals surface area contributed by atoms with Gasteiger partial charge in [-0.15, -0.1) is 0 Å². The molecule has 0 saturated carbocycles. The van der Waals surface area contributed by atoms with E-state index in [4.69, 9.17) is 16.3 Å². The highest BCUT2D eigenvalue weighted by Gasteiger charge is 2.36. The number of carbonyl (C=O) groups is 2. The number of nitrogens with zero attached hydrogens (tertiary/aromatic N) is 2. The number of amides is 2. The minimum atomic E-state index is -4.81. The summed E-state index contributed by atoms with van der Waals surface area (Å²) >= 11 is 6.27. The van der Waals surface area contributed by atoms with Gasteiger partial charge in [0, 0.05) is 12.6 Å².